The van der Waals surface area contributed by atoms with E-state index in [4.69, 9.17) is 0 Å². The van der Waals surface area contributed by atoms with Crippen molar-refractivity contribution in [3.63, 3.8) is 0 Å². The molecule has 1 amide bonds. The van der Waals surface area contributed by atoms with Gasteiger partial charge in [0.05, 0.1) is 0 Å². The summed E-state index contributed by atoms with van der Waals surface area (Å²) >= 11 is 3.59. The second-order valence-electron chi connectivity index (χ2n) is 3.16. The van der Waals surface area contributed by atoms with Gasteiger partial charge in [-0.1, -0.05) is 15.9 Å². The van der Waals surface area contributed by atoms with Gasteiger partial charge in [-0.15, -0.1) is 0 Å². The van der Waals surface area contributed by atoms with Gasteiger partial charge < -0.3 is 5.32 Å². The second kappa shape index (κ2) is 2.22. The van der Waals surface area contributed by atoms with Crippen LogP contribution in [0.4, 0.5) is 0 Å². The van der Waals surface area contributed by atoms with E-state index in [2.05, 4.69) is 21.2 Å². The van der Waals surface area contributed by atoms with E-state index in [-0.39, 0.29) is 5.91 Å². The van der Waals surface area contributed by atoms with Gasteiger partial charge in [0, 0.05) is 17.3 Å². The smallest absolute Gasteiger partial charge is 0.220 e. The quantitative estimate of drug-likeness (QED) is 0.587. The number of rotatable bonds is 0. The van der Waals surface area contributed by atoms with Crippen LogP contribution < -0.4 is 5.32 Å². The molecule has 1 N–H and O–H groups in total. The molecule has 2 bridgehead atoms. The molecule has 0 aromatic heterocycles. The summed E-state index contributed by atoms with van der Waals surface area (Å²) in [6.45, 7) is 0. The summed E-state index contributed by atoms with van der Waals surface area (Å²) in [6, 6.07) is 0.422. The highest BCUT2D eigenvalue weighted by molar-refractivity contribution is 9.09. The first kappa shape index (κ1) is 6.65. The zero-order valence-corrected chi connectivity index (χ0v) is 7.23. The van der Waals surface area contributed by atoms with Crippen molar-refractivity contribution in [3.05, 3.63) is 0 Å². The predicted molar refractivity (Wildman–Crippen MR) is 42.0 cm³/mol. The van der Waals surface area contributed by atoms with Gasteiger partial charge in [-0.05, 0) is 18.8 Å². The maximum absolute atomic E-state index is 10.9. The Morgan fingerprint density at radius 1 is 1.50 bits per heavy atom. The van der Waals surface area contributed by atoms with Crippen LogP contribution in [0, 0.1) is 5.92 Å². The van der Waals surface area contributed by atoms with Crippen molar-refractivity contribution in [1.82, 2.24) is 5.32 Å². The van der Waals surface area contributed by atoms with Crippen molar-refractivity contribution in [2.75, 3.05) is 0 Å². The molecular weight excluding hydrogens is 194 g/mol. The van der Waals surface area contributed by atoms with Crippen LogP contribution in [0.3, 0.4) is 0 Å². The molecule has 0 radical (unpaired) electrons. The van der Waals surface area contributed by atoms with Crippen molar-refractivity contribution in [2.24, 2.45) is 5.92 Å². The van der Waals surface area contributed by atoms with Crippen LogP contribution in [0.1, 0.15) is 19.3 Å². The lowest BCUT2D eigenvalue weighted by atomic mass is 10.0. The Bertz CT molecular complexity index is 155. The normalized spacial score (nSPS) is 45.3. The minimum atomic E-state index is 0.239. The lowest BCUT2D eigenvalue weighted by Gasteiger charge is -2.25. The number of fused-ring (bicyclic) bond motifs is 2. The number of hydrogen-bond acceptors (Lipinski definition) is 1. The Labute approximate surface area is 68.5 Å². The average molecular weight is 204 g/mol. The minimum absolute atomic E-state index is 0.239. The van der Waals surface area contributed by atoms with Crippen molar-refractivity contribution in [1.29, 1.82) is 0 Å². The summed E-state index contributed by atoms with van der Waals surface area (Å²) in [5.74, 6) is 0.849. The molecule has 2 fully saturated rings. The fourth-order valence-electron chi connectivity index (χ4n) is 1.91. The van der Waals surface area contributed by atoms with Gasteiger partial charge in [0.15, 0.2) is 0 Å². The standard InChI is InChI=1S/C7H10BrNO/c8-7-4-1-2-5(7)9-6(10)3-4/h4-5,7H,1-3H2,(H,9,10). The van der Waals surface area contributed by atoms with E-state index in [9.17, 15) is 4.79 Å². The number of alkyl halides is 1. The number of carbonyl (C=O) groups excluding carboxylic acids is 1. The number of nitrogens with one attached hydrogen (secondary N) is 1. The molecule has 1 saturated carbocycles. The van der Waals surface area contributed by atoms with Gasteiger partial charge in [-0.3, -0.25) is 4.79 Å². The maximum atomic E-state index is 10.9. The highest BCUT2D eigenvalue weighted by atomic mass is 79.9. The van der Waals surface area contributed by atoms with E-state index in [0.29, 0.717) is 16.8 Å². The molecule has 3 heteroatoms. The average Bonchev–Trinajstić information content (AvgIpc) is 2.20. The first-order valence-corrected chi connectivity index (χ1v) is 4.62. The molecule has 3 unspecified atom stereocenters. The molecule has 10 heavy (non-hydrogen) atoms. The first-order chi connectivity index (χ1) is 4.77. The van der Waals surface area contributed by atoms with E-state index < -0.39 is 0 Å². The molecule has 0 spiro atoms. The third-order valence-electron chi connectivity index (χ3n) is 2.48. The van der Waals surface area contributed by atoms with Crippen LogP contribution in [-0.4, -0.2) is 16.8 Å². The maximum Gasteiger partial charge on any atom is 0.220 e. The van der Waals surface area contributed by atoms with Gasteiger partial charge in [0.25, 0.3) is 0 Å². The summed E-state index contributed by atoms with van der Waals surface area (Å²) in [4.78, 5) is 11.5. The van der Waals surface area contributed by atoms with Gasteiger partial charge >= 0.3 is 0 Å². The van der Waals surface area contributed by atoms with Gasteiger partial charge in [-0.25, -0.2) is 0 Å². The molecule has 0 aromatic rings. The number of piperidine rings is 1. The monoisotopic (exact) mass is 203 g/mol. The summed E-state index contributed by atoms with van der Waals surface area (Å²) in [5.41, 5.74) is 0. The molecular formula is C7H10BrNO. The van der Waals surface area contributed by atoms with Crippen LogP contribution in [0.2, 0.25) is 0 Å². The van der Waals surface area contributed by atoms with Crippen molar-refractivity contribution in [2.45, 2.75) is 30.1 Å². The Balaban J connectivity index is 2.16. The third-order valence-corrected chi connectivity index (χ3v) is 3.86. The zero-order chi connectivity index (χ0) is 7.14. The minimum Gasteiger partial charge on any atom is -0.352 e. The van der Waals surface area contributed by atoms with Crippen molar-refractivity contribution < 1.29 is 4.79 Å². The van der Waals surface area contributed by atoms with Crippen LogP contribution in [0.15, 0.2) is 0 Å². The van der Waals surface area contributed by atoms with Gasteiger partial charge in [-0.2, -0.15) is 0 Å². The van der Waals surface area contributed by atoms with Crippen LogP contribution in [0.5, 0.6) is 0 Å². The lowest BCUT2D eigenvalue weighted by molar-refractivity contribution is -0.123. The Morgan fingerprint density at radius 2 is 2.30 bits per heavy atom. The summed E-state index contributed by atoms with van der Waals surface area (Å²) in [6.07, 6.45) is 3.10. The summed E-state index contributed by atoms with van der Waals surface area (Å²) < 4.78 is 0. The van der Waals surface area contributed by atoms with E-state index in [1.165, 1.54) is 6.42 Å². The molecule has 3 atom stereocenters. The molecule has 2 aliphatic rings. The fraction of sp³-hybridized carbons (Fsp3) is 0.857. The van der Waals surface area contributed by atoms with Crippen molar-refractivity contribution in [3.8, 4) is 0 Å². The van der Waals surface area contributed by atoms with Gasteiger partial charge in [0.2, 0.25) is 5.91 Å². The van der Waals surface area contributed by atoms with E-state index in [1.54, 1.807) is 0 Å². The Kier molecular flexibility index (Phi) is 1.48. The van der Waals surface area contributed by atoms with Crippen molar-refractivity contribution >= 4 is 21.8 Å². The van der Waals surface area contributed by atoms with Crippen LogP contribution >= 0.6 is 15.9 Å². The number of halogens is 1. The molecule has 2 nitrogen and oxygen atoms in total. The molecule has 56 valence electrons. The van der Waals surface area contributed by atoms with E-state index in [1.807, 2.05) is 0 Å². The molecule has 2 rings (SSSR count). The third kappa shape index (κ3) is 0.875. The molecule has 1 aliphatic heterocycles. The van der Waals surface area contributed by atoms with E-state index in [0.717, 1.165) is 12.8 Å². The second-order valence-corrected chi connectivity index (χ2v) is 4.22. The van der Waals surface area contributed by atoms with E-state index >= 15 is 0 Å². The highest BCUT2D eigenvalue weighted by Crippen LogP contribution is 2.37. The predicted octanol–water partition coefficient (Wildman–Crippen LogP) is 1.05. The molecule has 1 aliphatic carbocycles. The highest BCUT2D eigenvalue weighted by Gasteiger charge is 2.40. The number of hydrogen-bond donors (Lipinski definition) is 1. The summed E-state index contributed by atoms with van der Waals surface area (Å²) in [5, 5.41) is 2.97. The lowest BCUT2D eigenvalue weighted by Crippen LogP contribution is -2.44. The SMILES string of the molecule is O=C1CC2CCC(N1)C2Br. The number of carbonyl (C=O) groups is 1. The zero-order valence-electron chi connectivity index (χ0n) is 5.64. The largest absolute Gasteiger partial charge is 0.352 e. The molecule has 0 aromatic carbocycles. The Hall–Kier alpha value is -0.0500. The van der Waals surface area contributed by atoms with Crippen LogP contribution in [-0.2, 0) is 4.79 Å². The van der Waals surface area contributed by atoms with Gasteiger partial charge in [0.1, 0.15) is 0 Å². The fourth-order valence-corrected chi connectivity index (χ4v) is 2.76. The molecule has 1 saturated heterocycles. The Morgan fingerprint density at radius 3 is 3.00 bits per heavy atom. The molecule has 1 heterocycles. The van der Waals surface area contributed by atoms with Crippen LogP contribution in [0.25, 0.3) is 0 Å². The topological polar surface area (TPSA) is 29.1 Å². The first-order valence-electron chi connectivity index (χ1n) is 3.71. The number of amides is 1. The summed E-state index contributed by atoms with van der Waals surface area (Å²) in [7, 11) is 0.